The average Bonchev–Trinajstić information content (AvgIpc) is 3.23. The van der Waals surface area contributed by atoms with Crippen molar-refractivity contribution < 1.29 is 0 Å². The van der Waals surface area contributed by atoms with Gasteiger partial charge in [-0.05, 0) is 78.1 Å². The maximum absolute atomic E-state index is 5.20. The normalized spacial score (nSPS) is 19.0. The number of nitrogens with zero attached hydrogens (tertiary/aromatic N) is 1. The van der Waals surface area contributed by atoms with Crippen LogP contribution in [-0.2, 0) is 6.42 Å². The van der Waals surface area contributed by atoms with Crippen LogP contribution >= 0.6 is 0 Å². The van der Waals surface area contributed by atoms with Gasteiger partial charge in [0.2, 0.25) is 0 Å². The largest absolute Gasteiger partial charge is 0.248 e. The summed E-state index contributed by atoms with van der Waals surface area (Å²) in [5.74, 6) is 0.490. The van der Waals surface area contributed by atoms with E-state index in [1.54, 1.807) is 0 Å². The highest BCUT2D eigenvalue weighted by Gasteiger charge is 2.31. The summed E-state index contributed by atoms with van der Waals surface area (Å²) in [7, 11) is 0. The first-order valence-electron chi connectivity index (χ1n) is 11.7. The first-order valence-corrected chi connectivity index (χ1v) is 11.7. The van der Waals surface area contributed by atoms with Gasteiger partial charge in [0.1, 0.15) is 0 Å². The number of benzene rings is 2. The summed E-state index contributed by atoms with van der Waals surface area (Å²) in [6.45, 7) is 2.20. The minimum Gasteiger partial charge on any atom is -0.248 e. The molecular formula is C31H27N. The van der Waals surface area contributed by atoms with E-state index in [1.165, 1.54) is 44.5 Å². The van der Waals surface area contributed by atoms with Gasteiger partial charge < -0.3 is 0 Å². The Balaban J connectivity index is 1.52. The lowest BCUT2D eigenvalue weighted by Crippen LogP contribution is -2.05. The van der Waals surface area contributed by atoms with E-state index in [9.17, 15) is 0 Å². The summed E-state index contributed by atoms with van der Waals surface area (Å²) >= 11 is 0. The van der Waals surface area contributed by atoms with E-state index >= 15 is 0 Å². The second kappa shape index (κ2) is 7.91. The maximum atomic E-state index is 5.20. The quantitative estimate of drug-likeness (QED) is 0.426. The summed E-state index contributed by atoms with van der Waals surface area (Å²) in [6.07, 6.45) is 15.9. The fourth-order valence-corrected chi connectivity index (χ4v) is 5.37. The van der Waals surface area contributed by atoms with Gasteiger partial charge in [0.25, 0.3) is 0 Å². The third-order valence-electron chi connectivity index (χ3n) is 6.98. The molecule has 1 unspecified atom stereocenters. The Morgan fingerprint density at radius 2 is 1.69 bits per heavy atom. The smallest absolute Gasteiger partial charge is 0.0715 e. The van der Waals surface area contributed by atoms with Crippen molar-refractivity contribution in [2.45, 2.75) is 38.5 Å². The van der Waals surface area contributed by atoms with E-state index in [0.29, 0.717) is 5.92 Å². The molecule has 156 valence electrons. The molecule has 32 heavy (non-hydrogen) atoms. The standard InChI is InChI=1S/C31H27N/c1-21-15-16-24-18-29-26(28(24)17-21)13-8-14-27(29)31-20-25(22-9-4-2-5-10-22)19-30(32-31)23-11-6-3-7-12-23/h3-4,6-12,14-17,19-20,26H,2,5,13,18H2,1H3. The van der Waals surface area contributed by atoms with Crippen LogP contribution in [0.25, 0.3) is 22.4 Å². The van der Waals surface area contributed by atoms with Crippen molar-refractivity contribution in [1.82, 2.24) is 4.98 Å². The van der Waals surface area contributed by atoms with Gasteiger partial charge in [0.05, 0.1) is 11.4 Å². The van der Waals surface area contributed by atoms with Gasteiger partial charge in [0.15, 0.2) is 0 Å². The van der Waals surface area contributed by atoms with E-state index in [4.69, 9.17) is 4.98 Å². The molecule has 6 rings (SSSR count). The van der Waals surface area contributed by atoms with Gasteiger partial charge in [-0.1, -0.05) is 84.5 Å². The topological polar surface area (TPSA) is 12.9 Å². The number of aromatic nitrogens is 1. The van der Waals surface area contributed by atoms with E-state index in [-0.39, 0.29) is 0 Å². The molecule has 0 amide bonds. The molecule has 1 aromatic heterocycles. The van der Waals surface area contributed by atoms with Crippen LogP contribution < -0.4 is 0 Å². The lowest BCUT2D eigenvalue weighted by atomic mass is 9.85. The summed E-state index contributed by atoms with van der Waals surface area (Å²) in [5.41, 5.74) is 13.1. The Hall–Kier alpha value is -3.45. The van der Waals surface area contributed by atoms with Crippen LogP contribution in [0.1, 0.15) is 53.1 Å². The van der Waals surface area contributed by atoms with Gasteiger partial charge in [-0.25, -0.2) is 4.98 Å². The Kier molecular flexibility index (Phi) is 4.76. The minimum atomic E-state index is 0.490. The van der Waals surface area contributed by atoms with Crippen LogP contribution in [0.4, 0.5) is 0 Å². The maximum Gasteiger partial charge on any atom is 0.0715 e. The molecule has 1 atom stereocenters. The Labute approximate surface area is 190 Å². The van der Waals surface area contributed by atoms with Crippen molar-refractivity contribution in [2.24, 2.45) is 0 Å². The highest BCUT2D eigenvalue weighted by atomic mass is 14.7. The van der Waals surface area contributed by atoms with Gasteiger partial charge in [-0.2, -0.15) is 0 Å². The lowest BCUT2D eigenvalue weighted by Gasteiger charge is -2.21. The van der Waals surface area contributed by atoms with Gasteiger partial charge in [-0.15, -0.1) is 0 Å². The number of hydrogen-bond acceptors (Lipinski definition) is 1. The van der Waals surface area contributed by atoms with Crippen molar-refractivity contribution in [3.05, 3.63) is 125 Å². The molecular weight excluding hydrogens is 386 g/mol. The fourth-order valence-electron chi connectivity index (χ4n) is 5.37. The van der Waals surface area contributed by atoms with Crippen molar-refractivity contribution in [3.63, 3.8) is 0 Å². The number of rotatable bonds is 3. The zero-order valence-corrected chi connectivity index (χ0v) is 18.5. The number of allylic oxidation sites excluding steroid dienone is 8. The second-order valence-electron chi connectivity index (χ2n) is 9.14. The summed E-state index contributed by atoms with van der Waals surface area (Å²) < 4.78 is 0. The van der Waals surface area contributed by atoms with Crippen LogP contribution in [0.15, 0.2) is 96.6 Å². The third-order valence-corrected chi connectivity index (χ3v) is 6.98. The third kappa shape index (κ3) is 3.39. The molecule has 1 heterocycles. The van der Waals surface area contributed by atoms with Crippen molar-refractivity contribution in [1.29, 1.82) is 0 Å². The van der Waals surface area contributed by atoms with Crippen molar-refractivity contribution >= 4 is 11.1 Å². The molecule has 0 spiro atoms. The van der Waals surface area contributed by atoms with E-state index in [2.05, 4.69) is 98.0 Å². The average molecular weight is 414 g/mol. The van der Waals surface area contributed by atoms with Crippen molar-refractivity contribution in [3.8, 4) is 11.3 Å². The summed E-state index contributed by atoms with van der Waals surface area (Å²) in [6, 6.07) is 22.1. The molecule has 2 aromatic carbocycles. The monoisotopic (exact) mass is 413 g/mol. The second-order valence-corrected chi connectivity index (χ2v) is 9.14. The highest BCUT2D eigenvalue weighted by molar-refractivity contribution is 5.84. The van der Waals surface area contributed by atoms with Crippen LogP contribution in [0.5, 0.6) is 0 Å². The molecule has 3 aromatic rings. The number of pyridine rings is 1. The predicted octanol–water partition coefficient (Wildman–Crippen LogP) is 7.84. The molecule has 0 radical (unpaired) electrons. The first kappa shape index (κ1) is 19.3. The van der Waals surface area contributed by atoms with E-state index < -0.39 is 0 Å². The zero-order valence-electron chi connectivity index (χ0n) is 18.5. The predicted molar refractivity (Wildman–Crippen MR) is 134 cm³/mol. The van der Waals surface area contributed by atoms with Gasteiger partial charge >= 0.3 is 0 Å². The lowest BCUT2D eigenvalue weighted by molar-refractivity contribution is 0.824. The Morgan fingerprint density at radius 1 is 0.812 bits per heavy atom. The molecule has 0 aliphatic heterocycles. The zero-order chi connectivity index (χ0) is 21.5. The van der Waals surface area contributed by atoms with Crippen LogP contribution in [0.3, 0.4) is 0 Å². The fraction of sp³-hybridized carbons (Fsp3) is 0.194. The van der Waals surface area contributed by atoms with E-state index in [1.807, 2.05) is 0 Å². The number of hydrogen-bond donors (Lipinski definition) is 0. The molecule has 0 bridgehead atoms. The first-order chi connectivity index (χ1) is 15.8. The summed E-state index contributed by atoms with van der Waals surface area (Å²) in [4.78, 5) is 5.20. The molecule has 1 nitrogen and oxygen atoms in total. The minimum absolute atomic E-state index is 0.490. The number of fused-ring (bicyclic) bond motifs is 3. The van der Waals surface area contributed by atoms with E-state index in [0.717, 1.165) is 37.1 Å². The molecule has 0 saturated heterocycles. The van der Waals surface area contributed by atoms with Crippen LogP contribution in [0.2, 0.25) is 0 Å². The highest BCUT2D eigenvalue weighted by Crippen LogP contribution is 2.46. The molecule has 0 fully saturated rings. The van der Waals surface area contributed by atoms with Crippen LogP contribution in [-0.4, -0.2) is 4.98 Å². The molecule has 1 heteroatoms. The van der Waals surface area contributed by atoms with Gasteiger partial charge in [-0.3, -0.25) is 0 Å². The molecule has 0 saturated carbocycles. The molecule has 3 aliphatic carbocycles. The molecule has 3 aliphatic rings. The van der Waals surface area contributed by atoms with Crippen molar-refractivity contribution in [2.75, 3.05) is 0 Å². The van der Waals surface area contributed by atoms with Crippen LogP contribution in [0, 0.1) is 6.92 Å². The Morgan fingerprint density at radius 3 is 2.53 bits per heavy atom. The summed E-state index contributed by atoms with van der Waals surface area (Å²) in [5, 5.41) is 0. The SMILES string of the molecule is Cc1ccc2c(c1)C1CC=CC(c3cc(C4=CCCC=C4)cc(-c4ccccc4)n3)=C1C2. The Bertz CT molecular complexity index is 1320. The number of aryl methyl sites for hydroxylation is 1. The van der Waals surface area contributed by atoms with Gasteiger partial charge in [0, 0.05) is 11.5 Å². The molecule has 0 N–H and O–H groups in total.